The Balaban J connectivity index is 1.11. The number of likely N-dealkylation sites (tertiary alicyclic amines) is 2. The molecule has 6 nitrogen and oxygen atoms in total. The Morgan fingerprint density at radius 3 is 2.29 bits per heavy atom. The highest BCUT2D eigenvalue weighted by atomic mass is 19.3. The molecule has 2 saturated heterocycles. The molecular formula is C34H42F2N4O2. The Morgan fingerprint density at radius 2 is 1.62 bits per heavy atom. The molecule has 3 fully saturated rings. The number of halogens is 2. The summed E-state index contributed by atoms with van der Waals surface area (Å²) in [4.78, 5) is 17.3. The first kappa shape index (κ1) is 29.0. The van der Waals surface area contributed by atoms with Gasteiger partial charge in [0.05, 0.1) is 0 Å². The van der Waals surface area contributed by atoms with Gasteiger partial charge in [-0.1, -0.05) is 79.9 Å². The number of rotatable bonds is 9. The molecule has 2 aromatic carbocycles. The number of aromatic nitrogens is 2. The first-order chi connectivity index (χ1) is 20.4. The van der Waals surface area contributed by atoms with E-state index in [0.29, 0.717) is 11.8 Å². The number of nitrogens with zero attached hydrogens (tertiary/aromatic N) is 3. The van der Waals surface area contributed by atoms with Gasteiger partial charge in [-0.05, 0) is 62.2 Å². The molecule has 3 heterocycles. The highest BCUT2D eigenvalue weighted by Crippen LogP contribution is 2.40. The summed E-state index contributed by atoms with van der Waals surface area (Å²) in [6.45, 7) is 4.27. The molecule has 2 N–H and O–H groups in total. The summed E-state index contributed by atoms with van der Waals surface area (Å²) < 4.78 is 30.1. The van der Waals surface area contributed by atoms with Crippen LogP contribution in [-0.2, 0) is 10.7 Å². The average molecular weight is 577 g/mol. The SMILES string of the molecule is O=C(O)[C@@H](C1CCCCC1)N1C[C@H](CN2CCC(c3cc(C(F)(F)c4ccccc4)n[nH]3)CC2)[C@@H](c2ccccc2)C1. The van der Waals surface area contributed by atoms with E-state index >= 15 is 8.78 Å². The smallest absolute Gasteiger partial charge is 0.321 e. The van der Waals surface area contributed by atoms with E-state index in [1.807, 2.05) is 6.07 Å². The van der Waals surface area contributed by atoms with Crippen molar-refractivity contribution in [1.82, 2.24) is 20.0 Å². The van der Waals surface area contributed by atoms with Gasteiger partial charge in [0.25, 0.3) is 0 Å². The van der Waals surface area contributed by atoms with E-state index in [1.165, 1.54) is 24.1 Å². The highest BCUT2D eigenvalue weighted by molar-refractivity contribution is 5.74. The zero-order valence-corrected chi connectivity index (χ0v) is 24.2. The van der Waals surface area contributed by atoms with Crippen molar-refractivity contribution in [2.75, 3.05) is 32.7 Å². The number of aliphatic carboxylic acids is 1. The molecule has 1 saturated carbocycles. The summed E-state index contributed by atoms with van der Waals surface area (Å²) >= 11 is 0. The number of benzene rings is 2. The monoisotopic (exact) mass is 576 g/mol. The summed E-state index contributed by atoms with van der Waals surface area (Å²) in [5.74, 6) is -2.77. The largest absolute Gasteiger partial charge is 0.480 e. The third-order valence-corrected chi connectivity index (χ3v) is 10.0. The number of carboxylic acid groups (broad SMARTS) is 1. The molecule has 0 unspecified atom stereocenters. The maximum Gasteiger partial charge on any atom is 0.321 e. The summed E-state index contributed by atoms with van der Waals surface area (Å²) in [6, 6.07) is 19.6. The van der Waals surface area contributed by atoms with E-state index in [0.717, 1.165) is 76.9 Å². The van der Waals surface area contributed by atoms with Crippen LogP contribution in [0.2, 0.25) is 0 Å². The molecule has 1 aliphatic carbocycles. The Hall–Kier alpha value is -3.10. The average Bonchev–Trinajstić information content (AvgIpc) is 3.68. The lowest BCUT2D eigenvalue weighted by Gasteiger charge is -2.35. The number of hydrogen-bond acceptors (Lipinski definition) is 4. The van der Waals surface area contributed by atoms with Gasteiger partial charge in [0.1, 0.15) is 11.7 Å². The van der Waals surface area contributed by atoms with Crippen molar-refractivity contribution in [2.45, 2.75) is 68.7 Å². The fourth-order valence-corrected chi connectivity index (χ4v) is 7.76. The van der Waals surface area contributed by atoms with Crippen molar-refractivity contribution in [2.24, 2.45) is 11.8 Å². The molecule has 224 valence electrons. The predicted octanol–water partition coefficient (Wildman–Crippen LogP) is 6.48. The zero-order chi connectivity index (χ0) is 29.1. The van der Waals surface area contributed by atoms with Gasteiger partial charge >= 0.3 is 11.9 Å². The first-order valence-electron chi connectivity index (χ1n) is 15.6. The van der Waals surface area contributed by atoms with Crippen LogP contribution in [0.3, 0.4) is 0 Å². The molecule has 1 aromatic heterocycles. The Kier molecular flexibility index (Phi) is 8.72. The van der Waals surface area contributed by atoms with Gasteiger partial charge in [-0.2, -0.15) is 13.9 Å². The van der Waals surface area contributed by atoms with Crippen LogP contribution >= 0.6 is 0 Å². The van der Waals surface area contributed by atoms with E-state index < -0.39 is 17.9 Å². The topological polar surface area (TPSA) is 72.5 Å². The van der Waals surface area contributed by atoms with Crippen LogP contribution in [0.4, 0.5) is 8.78 Å². The third kappa shape index (κ3) is 6.16. The molecule has 0 amide bonds. The molecule has 8 heteroatoms. The Morgan fingerprint density at radius 1 is 0.952 bits per heavy atom. The summed E-state index contributed by atoms with van der Waals surface area (Å²) in [5.41, 5.74) is 1.79. The number of nitrogens with one attached hydrogen (secondary N) is 1. The van der Waals surface area contributed by atoms with E-state index in [9.17, 15) is 9.90 Å². The maximum atomic E-state index is 15.1. The minimum Gasteiger partial charge on any atom is -0.480 e. The normalized spacial score (nSPS) is 24.1. The standard InChI is InChI=1S/C34H42F2N4O2/c35-34(36,28-14-8-3-9-15-28)31-20-30(37-38-31)25-16-18-39(19-17-25)21-27-22-40(23-29(27)24-10-4-1-5-11-24)32(33(41)42)26-12-6-2-7-13-26/h1,3-5,8-11,14-15,20,25-27,29,32H,2,6-7,12-13,16-19,21-23H2,(H,37,38)(H,41,42)/t27-,29+,32+/m0/s1. The van der Waals surface area contributed by atoms with Crippen molar-refractivity contribution in [1.29, 1.82) is 0 Å². The van der Waals surface area contributed by atoms with E-state index in [2.05, 4.69) is 44.3 Å². The first-order valence-corrected chi connectivity index (χ1v) is 15.6. The van der Waals surface area contributed by atoms with Crippen molar-refractivity contribution >= 4 is 5.97 Å². The molecule has 3 aliphatic rings. The van der Waals surface area contributed by atoms with Crippen LogP contribution < -0.4 is 0 Å². The summed E-state index contributed by atoms with van der Waals surface area (Å²) in [5, 5.41) is 17.2. The van der Waals surface area contributed by atoms with Crippen molar-refractivity contribution < 1.29 is 18.7 Å². The second-order valence-corrected chi connectivity index (χ2v) is 12.6. The molecule has 0 radical (unpaired) electrons. The van der Waals surface area contributed by atoms with Crippen LogP contribution in [0.5, 0.6) is 0 Å². The number of aromatic amines is 1. The molecular weight excluding hydrogens is 534 g/mol. The summed E-state index contributed by atoms with van der Waals surface area (Å²) in [7, 11) is 0. The fourth-order valence-electron chi connectivity index (χ4n) is 7.76. The van der Waals surface area contributed by atoms with Gasteiger partial charge in [-0.15, -0.1) is 0 Å². The molecule has 6 rings (SSSR count). The van der Waals surface area contributed by atoms with Gasteiger partial charge < -0.3 is 10.0 Å². The van der Waals surface area contributed by atoms with Gasteiger partial charge in [0, 0.05) is 42.7 Å². The van der Waals surface area contributed by atoms with Crippen LogP contribution in [0.15, 0.2) is 66.7 Å². The lowest BCUT2D eigenvalue weighted by atomic mass is 9.83. The van der Waals surface area contributed by atoms with Gasteiger partial charge in [0.15, 0.2) is 0 Å². The van der Waals surface area contributed by atoms with Gasteiger partial charge in [-0.3, -0.25) is 14.8 Å². The second kappa shape index (κ2) is 12.6. The van der Waals surface area contributed by atoms with Crippen LogP contribution in [0.25, 0.3) is 0 Å². The number of piperidine rings is 1. The van der Waals surface area contributed by atoms with Gasteiger partial charge in [0.2, 0.25) is 0 Å². The quantitative estimate of drug-likeness (QED) is 0.305. The number of hydrogen-bond donors (Lipinski definition) is 2. The van der Waals surface area contributed by atoms with Crippen molar-refractivity contribution in [3.8, 4) is 0 Å². The lowest BCUT2D eigenvalue weighted by Crippen LogP contribution is -2.46. The number of H-pyrrole nitrogens is 1. The van der Waals surface area contributed by atoms with E-state index in [-0.39, 0.29) is 23.1 Å². The fraction of sp³-hybridized carbons (Fsp3) is 0.529. The lowest BCUT2D eigenvalue weighted by molar-refractivity contribution is -0.145. The van der Waals surface area contributed by atoms with Crippen molar-refractivity contribution in [3.63, 3.8) is 0 Å². The minimum absolute atomic E-state index is 0.0509. The number of carboxylic acids is 1. The van der Waals surface area contributed by atoms with E-state index in [1.54, 1.807) is 24.3 Å². The van der Waals surface area contributed by atoms with Crippen molar-refractivity contribution in [3.05, 3.63) is 89.2 Å². The van der Waals surface area contributed by atoms with Crippen LogP contribution in [0.1, 0.15) is 79.3 Å². The zero-order valence-electron chi connectivity index (χ0n) is 24.2. The molecule has 3 aromatic rings. The second-order valence-electron chi connectivity index (χ2n) is 12.6. The third-order valence-electron chi connectivity index (χ3n) is 10.0. The minimum atomic E-state index is -3.14. The molecule has 3 atom stereocenters. The Bertz CT molecular complexity index is 1300. The summed E-state index contributed by atoms with van der Waals surface area (Å²) in [6.07, 6.45) is 7.25. The maximum absolute atomic E-state index is 15.1. The molecule has 0 bridgehead atoms. The van der Waals surface area contributed by atoms with Crippen LogP contribution in [0, 0.1) is 11.8 Å². The van der Waals surface area contributed by atoms with Crippen LogP contribution in [-0.4, -0.2) is 69.8 Å². The molecule has 42 heavy (non-hydrogen) atoms. The molecule has 0 spiro atoms. The van der Waals surface area contributed by atoms with E-state index in [4.69, 9.17) is 0 Å². The number of alkyl halides is 2. The molecule has 2 aliphatic heterocycles. The number of carbonyl (C=O) groups is 1. The Labute approximate surface area is 247 Å². The van der Waals surface area contributed by atoms with Gasteiger partial charge in [-0.25, -0.2) is 0 Å². The predicted molar refractivity (Wildman–Crippen MR) is 159 cm³/mol. The highest BCUT2D eigenvalue weighted by Gasteiger charge is 2.43.